The molecule has 1 unspecified atom stereocenters. The van der Waals surface area contributed by atoms with Gasteiger partial charge in [-0.05, 0) is 39.2 Å². The van der Waals surface area contributed by atoms with Crippen molar-refractivity contribution in [3.63, 3.8) is 0 Å². The molecule has 2 heterocycles. The average Bonchev–Trinajstić information content (AvgIpc) is 3.30. The van der Waals surface area contributed by atoms with Crippen molar-refractivity contribution in [3.05, 3.63) is 51.3 Å². The molecule has 0 saturated heterocycles. The van der Waals surface area contributed by atoms with Crippen molar-refractivity contribution in [1.82, 2.24) is 15.8 Å². The molecule has 1 aliphatic heterocycles. The standard InChI is InChI=1S/C19H28N4S.C4H6/c1-6-8-10-15-14(5)22-23-18(15)17-12-24-19(21-17)16(9-7-2)20-11-13(3)4;1-3-4-2/h8,10-12,18,22-23H,6-7,9H2,1-5H3;1H,4H2,2H3/b10-8-,20-16?;. The summed E-state index contributed by atoms with van der Waals surface area (Å²) in [4.78, 5) is 9.52. The predicted molar refractivity (Wildman–Crippen MR) is 123 cm³/mol. The van der Waals surface area contributed by atoms with E-state index in [2.05, 4.69) is 73.9 Å². The number of rotatable bonds is 7. The van der Waals surface area contributed by atoms with Crippen LogP contribution >= 0.6 is 11.3 Å². The lowest BCUT2D eigenvalue weighted by Crippen LogP contribution is -2.26. The maximum atomic E-state index is 4.87. The number of aliphatic imine (C=N–C) groups is 1. The molecular formula is C23H34N4S. The first-order chi connectivity index (χ1) is 13.5. The van der Waals surface area contributed by atoms with Crippen molar-refractivity contribution in [1.29, 1.82) is 0 Å². The largest absolute Gasteiger partial charge is 0.325 e. The number of allylic oxidation sites excluding steroid dienone is 3. The number of hydrazine groups is 1. The average molecular weight is 399 g/mol. The lowest BCUT2D eigenvalue weighted by atomic mass is 10.0. The van der Waals surface area contributed by atoms with Crippen molar-refractivity contribution >= 4 is 17.0 Å². The summed E-state index contributed by atoms with van der Waals surface area (Å²) in [6, 6.07) is 0.101. The molecule has 1 aromatic heterocycles. The molecule has 4 nitrogen and oxygen atoms in total. The Morgan fingerprint density at radius 3 is 2.64 bits per heavy atom. The van der Waals surface area contributed by atoms with E-state index in [0.717, 1.165) is 47.8 Å². The Bertz CT molecular complexity index is 771. The zero-order chi connectivity index (χ0) is 20.9. The molecule has 0 spiro atoms. The highest BCUT2D eigenvalue weighted by Gasteiger charge is 2.25. The minimum absolute atomic E-state index is 0.101. The maximum Gasteiger partial charge on any atom is 0.137 e. The Morgan fingerprint density at radius 2 is 2.07 bits per heavy atom. The molecule has 0 aromatic carbocycles. The molecule has 0 fully saturated rings. The van der Waals surface area contributed by atoms with Gasteiger partial charge in [-0.3, -0.25) is 4.99 Å². The molecule has 152 valence electrons. The molecule has 0 saturated carbocycles. The molecule has 5 heteroatoms. The van der Waals surface area contributed by atoms with E-state index in [1.54, 1.807) is 11.3 Å². The van der Waals surface area contributed by atoms with Crippen molar-refractivity contribution in [2.24, 2.45) is 4.99 Å². The first-order valence-electron chi connectivity index (χ1n) is 9.96. The molecule has 0 aliphatic carbocycles. The molecule has 0 radical (unpaired) electrons. The third-order valence-electron chi connectivity index (χ3n) is 3.92. The van der Waals surface area contributed by atoms with E-state index in [9.17, 15) is 0 Å². The summed E-state index contributed by atoms with van der Waals surface area (Å²) in [6.45, 7) is 12.5. The molecule has 1 aliphatic rings. The molecule has 1 aromatic rings. The first kappa shape index (κ1) is 23.9. The van der Waals surface area contributed by atoms with E-state index in [-0.39, 0.29) is 6.04 Å². The lowest BCUT2D eigenvalue weighted by Gasteiger charge is -2.09. The summed E-state index contributed by atoms with van der Waals surface area (Å²) in [7, 11) is 0. The first-order valence-corrected chi connectivity index (χ1v) is 10.8. The second-order valence-corrected chi connectivity index (χ2v) is 7.62. The Labute approximate surface area is 174 Å². The third kappa shape index (κ3) is 7.46. The predicted octanol–water partition coefficient (Wildman–Crippen LogP) is 6.07. The quantitative estimate of drug-likeness (QED) is 0.432. The summed E-state index contributed by atoms with van der Waals surface area (Å²) < 4.78 is 0. The number of aromatic nitrogens is 1. The van der Waals surface area contributed by atoms with Crippen molar-refractivity contribution in [3.8, 4) is 12.3 Å². The number of thiazole rings is 1. The van der Waals surface area contributed by atoms with Crippen LogP contribution in [-0.2, 0) is 0 Å². The van der Waals surface area contributed by atoms with Gasteiger partial charge in [-0.25, -0.2) is 10.4 Å². The number of nitrogens with zero attached hydrogens (tertiary/aromatic N) is 2. The summed E-state index contributed by atoms with van der Waals surface area (Å²) in [5.74, 6) is 2.43. The van der Waals surface area contributed by atoms with Crippen LogP contribution in [0.2, 0.25) is 0 Å². The van der Waals surface area contributed by atoms with Crippen LogP contribution < -0.4 is 10.9 Å². The Hall–Kier alpha value is -2.16. The van der Waals surface area contributed by atoms with Crippen LogP contribution in [0.3, 0.4) is 0 Å². The molecule has 2 N–H and O–H groups in total. The summed E-state index contributed by atoms with van der Waals surface area (Å²) in [5, 5.41) is 3.16. The zero-order valence-electron chi connectivity index (χ0n) is 18.1. The number of terminal acetylenes is 1. The highest BCUT2D eigenvalue weighted by molar-refractivity contribution is 7.11. The number of hydrogen-bond donors (Lipinski definition) is 2. The van der Waals surface area contributed by atoms with E-state index in [4.69, 9.17) is 11.4 Å². The molecule has 0 bridgehead atoms. The summed E-state index contributed by atoms with van der Waals surface area (Å²) in [6.07, 6.45) is 15.0. The van der Waals surface area contributed by atoms with Gasteiger partial charge < -0.3 is 5.43 Å². The number of nitrogens with one attached hydrogen (secondary N) is 2. The van der Waals surface area contributed by atoms with Gasteiger partial charge in [0.1, 0.15) is 5.01 Å². The van der Waals surface area contributed by atoms with Crippen LogP contribution in [0.15, 0.2) is 45.6 Å². The Morgan fingerprint density at radius 1 is 1.36 bits per heavy atom. The van der Waals surface area contributed by atoms with Gasteiger partial charge in [0.15, 0.2) is 0 Å². The van der Waals surface area contributed by atoms with Gasteiger partial charge in [0.25, 0.3) is 0 Å². The highest BCUT2D eigenvalue weighted by atomic mass is 32.1. The van der Waals surface area contributed by atoms with E-state index >= 15 is 0 Å². The minimum atomic E-state index is 0.101. The molecule has 0 amide bonds. The van der Waals surface area contributed by atoms with Crippen molar-refractivity contribution in [2.45, 2.75) is 73.3 Å². The fourth-order valence-corrected chi connectivity index (χ4v) is 3.34. The monoisotopic (exact) mass is 398 g/mol. The molecule has 28 heavy (non-hydrogen) atoms. The molecule has 2 rings (SSSR count). The smallest absolute Gasteiger partial charge is 0.137 e. The molecule has 1 atom stereocenters. The van der Waals surface area contributed by atoms with Gasteiger partial charge in [-0.1, -0.05) is 44.9 Å². The van der Waals surface area contributed by atoms with Gasteiger partial charge in [0.2, 0.25) is 0 Å². The Kier molecular flexibility index (Phi) is 11.2. The molecular weight excluding hydrogens is 364 g/mol. The fourth-order valence-electron chi connectivity index (χ4n) is 2.47. The van der Waals surface area contributed by atoms with Crippen LogP contribution in [0.1, 0.15) is 84.0 Å². The summed E-state index contributed by atoms with van der Waals surface area (Å²) in [5.41, 5.74) is 12.3. The topological polar surface area (TPSA) is 49.3 Å². The van der Waals surface area contributed by atoms with E-state index < -0.39 is 0 Å². The van der Waals surface area contributed by atoms with E-state index in [1.807, 2.05) is 13.1 Å². The maximum absolute atomic E-state index is 4.87. The van der Waals surface area contributed by atoms with Crippen LogP contribution in [0, 0.1) is 12.3 Å². The lowest BCUT2D eigenvalue weighted by molar-refractivity contribution is 0.582. The fraction of sp³-hybridized carbons (Fsp3) is 0.478. The van der Waals surface area contributed by atoms with Gasteiger partial charge in [-0.15, -0.1) is 23.7 Å². The van der Waals surface area contributed by atoms with Crippen LogP contribution in [0.4, 0.5) is 0 Å². The number of hydrogen-bond acceptors (Lipinski definition) is 5. The normalized spacial score (nSPS) is 16.5. The van der Waals surface area contributed by atoms with E-state index in [0.29, 0.717) is 0 Å². The SMILES string of the molecule is C#CCC.CC/C=C\C1=C(C)NNC1c1csc(C(CCC)=NC=C(C)C)n1. The van der Waals surface area contributed by atoms with Gasteiger partial charge in [0, 0.05) is 23.7 Å². The van der Waals surface area contributed by atoms with Crippen LogP contribution in [-0.4, -0.2) is 10.7 Å². The third-order valence-corrected chi connectivity index (χ3v) is 4.82. The minimum Gasteiger partial charge on any atom is -0.325 e. The van der Waals surface area contributed by atoms with Gasteiger partial charge in [-0.2, -0.15) is 0 Å². The van der Waals surface area contributed by atoms with Crippen LogP contribution in [0.5, 0.6) is 0 Å². The second kappa shape index (κ2) is 13.1. The van der Waals surface area contributed by atoms with Crippen molar-refractivity contribution in [2.75, 3.05) is 0 Å². The van der Waals surface area contributed by atoms with Gasteiger partial charge in [0.05, 0.1) is 17.4 Å². The zero-order valence-corrected chi connectivity index (χ0v) is 18.9. The Balaban J connectivity index is 0.000000892. The highest BCUT2D eigenvalue weighted by Crippen LogP contribution is 2.29. The van der Waals surface area contributed by atoms with E-state index in [1.165, 1.54) is 11.1 Å². The van der Waals surface area contributed by atoms with Crippen molar-refractivity contribution < 1.29 is 0 Å². The summed E-state index contributed by atoms with van der Waals surface area (Å²) >= 11 is 1.68. The van der Waals surface area contributed by atoms with Crippen LogP contribution in [0.25, 0.3) is 0 Å². The van der Waals surface area contributed by atoms with Gasteiger partial charge >= 0.3 is 0 Å². The second-order valence-electron chi connectivity index (χ2n) is 6.76.